The second-order valence-corrected chi connectivity index (χ2v) is 6.12. The van der Waals surface area contributed by atoms with Crippen molar-refractivity contribution in [2.45, 2.75) is 25.3 Å². The minimum Gasteiger partial charge on any atom is -0.481 e. The van der Waals surface area contributed by atoms with Crippen LogP contribution in [0.3, 0.4) is 0 Å². The third-order valence-corrected chi connectivity index (χ3v) is 4.38. The first kappa shape index (κ1) is 14.6. The van der Waals surface area contributed by atoms with E-state index in [1.165, 1.54) is 0 Å². The van der Waals surface area contributed by atoms with Crippen LogP contribution in [0, 0.1) is 3.57 Å². The molecule has 1 aliphatic rings. The van der Waals surface area contributed by atoms with E-state index in [-0.39, 0.29) is 18.4 Å². The number of aliphatic carboxylic acids is 1. The Hall–Kier alpha value is -0.820. The normalized spacial score (nSPS) is 18.6. The summed E-state index contributed by atoms with van der Waals surface area (Å²) in [6.07, 6.45) is 1.60. The highest BCUT2D eigenvalue weighted by Crippen LogP contribution is 2.26. The molecule has 1 unspecified atom stereocenters. The van der Waals surface area contributed by atoms with E-state index < -0.39 is 5.97 Å². The molecule has 0 bridgehead atoms. The maximum atomic E-state index is 12.5. The highest BCUT2D eigenvalue weighted by molar-refractivity contribution is 14.1. The van der Waals surface area contributed by atoms with Gasteiger partial charge in [-0.2, -0.15) is 0 Å². The fourth-order valence-corrected chi connectivity index (χ4v) is 3.07. The van der Waals surface area contributed by atoms with Crippen molar-refractivity contribution in [3.8, 4) is 0 Å². The molecular weight excluding hydrogens is 381 g/mol. The number of amides is 1. The molecule has 0 saturated carbocycles. The Morgan fingerprint density at radius 2 is 2.21 bits per heavy atom. The topological polar surface area (TPSA) is 57.6 Å². The second kappa shape index (κ2) is 6.09. The lowest BCUT2D eigenvalue weighted by atomic mass is 10.1. The zero-order chi connectivity index (χ0) is 14.0. The summed E-state index contributed by atoms with van der Waals surface area (Å²) < 4.78 is 0.827. The number of halogens is 2. The van der Waals surface area contributed by atoms with E-state index >= 15 is 0 Å². The molecule has 0 radical (unpaired) electrons. The van der Waals surface area contributed by atoms with E-state index in [4.69, 9.17) is 16.7 Å². The Morgan fingerprint density at radius 3 is 2.89 bits per heavy atom. The van der Waals surface area contributed by atoms with Gasteiger partial charge in [0.2, 0.25) is 0 Å². The predicted octanol–water partition coefficient (Wildman–Crippen LogP) is 3.02. The molecule has 2 rings (SSSR count). The van der Waals surface area contributed by atoms with E-state index in [2.05, 4.69) is 22.6 Å². The molecule has 1 atom stereocenters. The molecule has 1 aliphatic heterocycles. The van der Waals surface area contributed by atoms with E-state index in [1.54, 1.807) is 23.1 Å². The Kier molecular flexibility index (Phi) is 4.67. The van der Waals surface area contributed by atoms with Crippen LogP contribution in [0.25, 0.3) is 0 Å². The smallest absolute Gasteiger partial charge is 0.305 e. The molecule has 1 aromatic rings. The second-order valence-electron chi connectivity index (χ2n) is 4.52. The molecule has 4 nitrogen and oxygen atoms in total. The third-order valence-electron chi connectivity index (χ3n) is 3.21. The van der Waals surface area contributed by atoms with E-state index in [0.29, 0.717) is 17.1 Å². The quantitative estimate of drug-likeness (QED) is 0.803. The van der Waals surface area contributed by atoms with Gasteiger partial charge in [-0.15, -0.1) is 0 Å². The molecule has 102 valence electrons. The predicted molar refractivity (Wildman–Crippen MR) is 80.5 cm³/mol. The van der Waals surface area contributed by atoms with Gasteiger partial charge in [-0.25, -0.2) is 0 Å². The van der Waals surface area contributed by atoms with Crippen molar-refractivity contribution in [3.63, 3.8) is 0 Å². The lowest BCUT2D eigenvalue weighted by Gasteiger charge is -2.24. The first-order valence-corrected chi connectivity index (χ1v) is 7.42. The maximum absolute atomic E-state index is 12.5. The van der Waals surface area contributed by atoms with Gasteiger partial charge in [-0.05, 0) is 53.6 Å². The van der Waals surface area contributed by atoms with Gasteiger partial charge < -0.3 is 10.0 Å². The van der Waals surface area contributed by atoms with Crippen molar-refractivity contribution in [2.24, 2.45) is 0 Å². The number of carboxylic acid groups (broad SMARTS) is 1. The van der Waals surface area contributed by atoms with Gasteiger partial charge in [0.15, 0.2) is 0 Å². The number of rotatable bonds is 3. The molecular formula is C13H13ClINO3. The first-order chi connectivity index (χ1) is 8.99. The van der Waals surface area contributed by atoms with Gasteiger partial charge in [0.1, 0.15) is 0 Å². The van der Waals surface area contributed by atoms with E-state index in [9.17, 15) is 9.59 Å². The lowest BCUT2D eigenvalue weighted by molar-refractivity contribution is -0.137. The van der Waals surface area contributed by atoms with Gasteiger partial charge in [0.05, 0.1) is 12.0 Å². The minimum atomic E-state index is -0.870. The van der Waals surface area contributed by atoms with Crippen molar-refractivity contribution < 1.29 is 14.7 Å². The van der Waals surface area contributed by atoms with E-state index in [1.807, 2.05) is 0 Å². The van der Waals surface area contributed by atoms with Crippen LogP contribution >= 0.6 is 34.2 Å². The van der Waals surface area contributed by atoms with Crippen molar-refractivity contribution in [3.05, 3.63) is 32.4 Å². The average Bonchev–Trinajstić information content (AvgIpc) is 2.78. The monoisotopic (exact) mass is 393 g/mol. The molecule has 0 aliphatic carbocycles. The van der Waals surface area contributed by atoms with Gasteiger partial charge in [0, 0.05) is 21.2 Å². The van der Waals surface area contributed by atoms with Crippen LogP contribution in [0.2, 0.25) is 5.02 Å². The standard InChI is InChI=1S/C13H13ClINO3/c14-8-3-4-11(15)10(6-8)13(19)16-5-1-2-9(16)7-12(17)18/h3-4,6,9H,1-2,5,7H2,(H,17,18). The van der Waals surface area contributed by atoms with E-state index in [0.717, 1.165) is 16.4 Å². The number of likely N-dealkylation sites (tertiary alicyclic amines) is 1. The highest BCUT2D eigenvalue weighted by atomic mass is 127. The summed E-state index contributed by atoms with van der Waals surface area (Å²) in [4.78, 5) is 25.0. The Morgan fingerprint density at radius 1 is 1.47 bits per heavy atom. The summed E-state index contributed by atoms with van der Waals surface area (Å²) in [6, 6.07) is 4.96. The molecule has 1 N–H and O–H groups in total. The number of hydrogen-bond donors (Lipinski definition) is 1. The summed E-state index contributed by atoms with van der Waals surface area (Å²) in [5.41, 5.74) is 0.547. The largest absolute Gasteiger partial charge is 0.481 e. The first-order valence-electron chi connectivity index (χ1n) is 5.97. The maximum Gasteiger partial charge on any atom is 0.305 e. The minimum absolute atomic E-state index is 0.00286. The molecule has 6 heteroatoms. The van der Waals surface area contributed by atoms with Gasteiger partial charge in [-0.1, -0.05) is 11.6 Å². The van der Waals surface area contributed by atoms with Gasteiger partial charge >= 0.3 is 5.97 Å². The lowest BCUT2D eigenvalue weighted by Crippen LogP contribution is -2.37. The summed E-state index contributed by atoms with van der Waals surface area (Å²) in [5, 5.41) is 9.39. The number of hydrogen-bond acceptors (Lipinski definition) is 2. The number of benzene rings is 1. The fraction of sp³-hybridized carbons (Fsp3) is 0.385. The van der Waals surface area contributed by atoms with Crippen LogP contribution in [0.5, 0.6) is 0 Å². The molecule has 0 spiro atoms. The van der Waals surface area contributed by atoms with Crippen molar-refractivity contribution >= 4 is 46.1 Å². The number of carbonyl (C=O) groups is 2. The van der Waals surface area contributed by atoms with Gasteiger partial charge in [0.25, 0.3) is 5.91 Å². The average molecular weight is 394 g/mol. The zero-order valence-electron chi connectivity index (χ0n) is 10.1. The Labute approximate surface area is 129 Å². The number of carboxylic acids is 1. The third kappa shape index (κ3) is 3.39. The summed E-state index contributed by atoms with van der Waals surface area (Å²) in [5.74, 6) is -0.999. The molecule has 1 saturated heterocycles. The van der Waals surface area contributed by atoms with Crippen molar-refractivity contribution in [1.82, 2.24) is 4.90 Å². The molecule has 19 heavy (non-hydrogen) atoms. The molecule has 1 heterocycles. The van der Waals surface area contributed by atoms with Crippen LogP contribution in [-0.4, -0.2) is 34.5 Å². The van der Waals surface area contributed by atoms with Crippen LogP contribution < -0.4 is 0 Å². The fourth-order valence-electron chi connectivity index (χ4n) is 2.33. The summed E-state index contributed by atoms with van der Waals surface area (Å²) in [6.45, 7) is 0.610. The van der Waals surface area contributed by atoms with Crippen LogP contribution in [0.1, 0.15) is 29.6 Å². The van der Waals surface area contributed by atoms with Crippen LogP contribution in [0.15, 0.2) is 18.2 Å². The number of nitrogens with zero attached hydrogens (tertiary/aromatic N) is 1. The van der Waals surface area contributed by atoms with Crippen LogP contribution in [-0.2, 0) is 4.79 Å². The number of carbonyl (C=O) groups excluding carboxylic acids is 1. The summed E-state index contributed by atoms with van der Waals surface area (Å²) >= 11 is 8.01. The Balaban J connectivity index is 2.23. The van der Waals surface area contributed by atoms with Crippen LogP contribution in [0.4, 0.5) is 0 Å². The Bertz CT molecular complexity index is 521. The summed E-state index contributed by atoms with van der Waals surface area (Å²) in [7, 11) is 0. The molecule has 1 fully saturated rings. The van der Waals surface area contributed by atoms with Crippen molar-refractivity contribution in [2.75, 3.05) is 6.54 Å². The SMILES string of the molecule is O=C(O)CC1CCCN1C(=O)c1cc(Cl)ccc1I. The molecule has 0 aromatic heterocycles. The van der Waals surface area contributed by atoms with Gasteiger partial charge in [-0.3, -0.25) is 9.59 Å². The molecule has 1 aromatic carbocycles. The molecule has 1 amide bonds. The van der Waals surface area contributed by atoms with Crippen molar-refractivity contribution in [1.29, 1.82) is 0 Å². The highest BCUT2D eigenvalue weighted by Gasteiger charge is 2.31. The zero-order valence-corrected chi connectivity index (χ0v) is 13.0.